The maximum Gasteiger partial charge on any atom is 0.164 e. The van der Waals surface area contributed by atoms with Gasteiger partial charge in [-0.05, 0) is 52.1 Å². The lowest BCUT2D eigenvalue weighted by Crippen LogP contribution is -2.14. The van der Waals surface area contributed by atoms with Gasteiger partial charge < -0.3 is 4.42 Å². The van der Waals surface area contributed by atoms with E-state index < -0.39 is 0 Å². The quantitative estimate of drug-likeness (QED) is 0.204. The first-order valence-corrected chi connectivity index (χ1v) is 15.6. The van der Waals surface area contributed by atoms with Crippen LogP contribution in [0.5, 0.6) is 0 Å². The average Bonchev–Trinajstić information content (AvgIpc) is 3.61. The normalized spacial score (nSPS) is 13.2. The predicted molar refractivity (Wildman–Crippen MR) is 186 cm³/mol. The van der Waals surface area contributed by atoms with E-state index in [2.05, 4.69) is 80.6 Å². The first-order chi connectivity index (χ1) is 22.6. The van der Waals surface area contributed by atoms with Crippen LogP contribution in [-0.4, -0.2) is 15.0 Å². The van der Waals surface area contributed by atoms with Gasteiger partial charge >= 0.3 is 0 Å². The number of hydrogen-bond donors (Lipinski definition) is 0. The smallest absolute Gasteiger partial charge is 0.164 e. The number of fused-ring (bicyclic) bond motifs is 6. The minimum Gasteiger partial charge on any atom is -0.455 e. The van der Waals surface area contributed by atoms with E-state index in [0.29, 0.717) is 17.5 Å². The van der Waals surface area contributed by atoms with Crippen LogP contribution in [0.15, 0.2) is 144 Å². The summed E-state index contributed by atoms with van der Waals surface area (Å²) >= 11 is 0. The van der Waals surface area contributed by atoms with Crippen LogP contribution in [0.25, 0.3) is 78.4 Å². The van der Waals surface area contributed by atoms with Crippen molar-refractivity contribution in [1.29, 1.82) is 0 Å². The van der Waals surface area contributed by atoms with Gasteiger partial charge in [-0.1, -0.05) is 129 Å². The van der Waals surface area contributed by atoms with Gasteiger partial charge in [-0.25, -0.2) is 15.0 Å². The molecule has 218 valence electrons. The van der Waals surface area contributed by atoms with Crippen molar-refractivity contribution in [3.63, 3.8) is 0 Å². The molecule has 0 amide bonds. The topological polar surface area (TPSA) is 51.8 Å². The number of para-hydroxylation sites is 1. The van der Waals surface area contributed by atoms with Crippen LogP contribution in [0, 0.1) is 0 Å². The minimum absolute atomic E-state index is 0.0958. The van der Waals surface area contributed by atoms with Crippen molar-refractivity contribution >= 4 is 21.9 Å². The van der Waals surface area contributed by atoms with Crippen molar-refractivity contribution < 1.29 is 4.42 Å². The van der Waals surface area contributed by atoms with E-state index in [1.54, 1.807) is 0 Å². The second-order valence-corrected chi connectivity index (χ2v) is 12.4. The average molecular weight is 592 g/mol. The summed E-state index contributed by atoms with van der Waals surface area (Å²) in [5, 5.41) is 2.03. The van der Waals surface area contributed by atoms with Gasteiger partial charge in [-0.3, -0.25) is 0 Å². The molecule has 8 aromatic rings. The molecule has 6 aromatic carbocycles. The Balaban J connectivity index is 1.28. The van der Waals surface area contributed by atoms with E-state index in [1.165, 1.54) is 22.3 Å². The lowest BCUT2D eigenvalue weighted by Gasteiger charge is -2.22. The molecule has 4 heteroatoms. The first-order valence-electron chi connectivity index (χ1n) is 15.6. The molecule has 2 heterocycles. The Hall–Kier alpha value is -5.87. The van der Waals surface area contributed by atoms with Crippen molar-refractivity contribution in [3.8, 4) is 56.4 Å². The molecule has 0 bridgehead atoms. The predicted octanol–water partition coefficient (Wildman–Crippen LogP) is 10.7. The van der Waals surface area contributed by atoms with Gasteiger partial charge in [0, 0.05) is 38.4 Å². The van der Waals surface area contributed by atoms with Gasteiger partial charge in [0.1, 0.15) is 11.2 Å². The zero-order chi connectivity index (χ0) is 30.8. The summed E-state index contributed by atoms with van der Waals surface area (Å²) in [5.74, 6) is 1.88. The summed E-state index contributed by atoms with van der Waals surface area (Å²) in [5.41, 5.74) is 11.8. The maximum absolute atomic E-state index is 6.69. The highest BCUT2D eigenvalue weighted by molar-refractivity contribution is 6.15. The summed E-state index contributed by atoms with van der Waals surface area (Å²) in [4.78, 5) is 15.0. The molecule has 0 spiro atoms. The van der Waals surface area contributed by atoms with Crippen LogP contribution in [-0.2, 0) is 5.41 Å². The van der Waals surface area contributed by atoms with Crippen molar-refractivity contribution in [1.82, 2.24) is 15.0 Å². The molecule has 0 aliphatic heterocycles. The second-order valence-electron chi connectivity index (χ2n) is 12.4. The molecule has 46 heavy (non-hydrogen) atoms. The van der Waals surface area contributed by atoms with E-state index in [1.807, 2.05) is 72.8 Å². The highest BCUT2D eigenvalue weighted by Crippen LogP contribution is 2.50. The molecule has 0 saturated carbocycles. The third kappa shape index (κ3) is 4.04. The standard InChI is InChI=1S/C42H29N3O/c1-42(2)34-19-11-9-17-30(34)31-22-21-28(25-35(31)42)29-23-24-33(37-32-18-10-12-20-36(32)46-38(29)37)41-44-39(26-13-5-3-6-14-26)43-40(45-41)27-15-7-4-8-16-27/h3-25H,1-2H3. The van der Waals surface area contributed by atoms with Crippen molar-refractivity contribution in [2.75, 3.05) is 0 Å². The Morgan fingerprint density at radius 1 is 0.457 bits per heavy atom. The van der Waals surface area contributed by atoms with Crippen LogP contribution in [0.4, 0.5) is 0 Å². The lowest BCUT2D eigenvalue weighted by atomic mass is 9.81. The minimum atomic E-state index is -0.0958. The Morgan fingerprint density at radius 2 is 1.02 bits per heavy atom. The van der Waals surface area contributed by atoms with E-state index in [-0.39, 0.29) is 5.41 Å². The SMILES string of the molecule is CC1(C)c2ccccc2-c2ccc(-c3ccc(-c4nc(-c5ccccc5)nc(-c5ccccc5)n4)c4c3oc3ccccc34)cc21. The molecular formula is C42H29N3O. The Bertz CT molecular complexity index is 2380. The van der Waals surface area contributed by atoms with Crippen LogP contribution < -0.4 is 0 Å². The molecule has 0 fully saturated rings. The zero-order valence-corrected chi connectivity index (χ0v) is 25.5. The molecule has 4 nitrogen and oxygen atoms in total. The summed E-state index contributed by atoms with van der Waals surface area (Å²) in [6.07, 6.45) is 0. The number of rotatable bonds is 4. The fraction of sp³-hybridized carbons (Fsp3) is 0.0714. The van der Waals surface area contributed by atoms with Crippen molar-refractivity contribution in [2.24, 2.45) is 0 Å². The van der Waals surface area contributed by atoms with Gasteiger partial charge in [-0.2, -0.15) is 0 Å². The highest BCUT2D eigenvalue weighted by atomic mass is 16.3. The van der Waals surface area contributed by atoms with Crippen LogP contribution in [0.3, 0.4) is 0 Å². The van der Waals surface area contributed by atoms with Gasteiger partial charge in [0.2, 0.25) is 0 Å². The van der Waals surface area contributed by atoms with E-state index in [9.17, 15) is 0 Å². The summed E-state index contributed by atoms with van der Waals surface area (Å²) < 4.78 is 6.69. The number of nitrogens with zero attached hydrogens (tertiary/aromatic N) is 3. The fourth-order valence-electron chi connectivity index (χ4n) is 7.04. The molecule has 0 unspecified atom stereocenters. The molecule has 0 N–H and O–H groups in total. The number of furan rings is 1. The lowest BCUT2D eigenvalue weighted by molar-refractivity contribution is 0.660. The van der Waals surface area contributed by atoms with Crippen molar-refractivity contribution in [3.05, 3.63) is 151 Å². The van der Waals surface area contributed by atoms with Crippen LogP contribution in [0.2, 0.25) is 0 Å². The molecule has 1 aliphatic carbocycles. The summed E-state index contributed by atoms with van der Waals surface area (Å²) in [7, 11) is 0. The summed E-state index contributed by atoms with van der Waals surface area (Å²) in [6, 6.07) is 48.3. The molecule has 2 aromatic heterocycles. The van der Waals surface area contributed by atoms with Gasteiger partial charge in [0.05, 0.1) is 0 Å². The molecule has 1 aliphatic rings. The van der Waals surface area contributed by atoms with Gasteiger partial charge in [-0.15, -0.1) is 0 Å². The number of aromatic nitrogens is 3. The highest BCUT2D eigenvalue weighted by Gasteiger charge is 2.35. The molecule has 9 rings (SSSR count). The van der Waals surface area contributed by atoms with Crippen LogP contribution in [0.1, 0.15) is 25.0 Å². The van der Waals surface area contributed by atoms with Crippen molar-refractivity contribution in [2.45, 2.75) is 19.3 Å². The molecule has 0 atom stereocenters. The number of benzene rings is 6. The second kappa shape index (κ2) is 10.1. The van der Waals surface area contributed by atoms with E-state index in [4.69, 9.17) is 19.4 Å². The third-order valence-corrected chi connectivity index (χ3v) is 9.36. The summed E-state index contributed by atoms with van der Waals surface area (Å²) in [6.45, 7) is 4.63. The Kier molecular flexibility index (Phi) is 5.81. The van der Waals surface area contributed by atoms with Crippen LogP contribution >= 0.6 is 0 Å². The largest absolute Gasteiger partial charge is 0.455 e. The zero-order valence-electron chi connectivity index (χ0n) is 25.5. The Labute approximate surface area is 267 Å². The van der Waals surface area contributed by atoms with E-state index >= 15 is 0 Å². The maximum atomic E-state index is 6.69. The third-order valence-electron chi connectivity index (χ3n) is 9.36. The molecular weight excluding hydrogens is 562 g/mol. The monoisotopic (exact) mass is 591 g/mol. The number of hydrogen-bond acceptors (Lipinski definition) is 4. The molecule has 0 saturated heterocycles. The first kappa shape index (κ1) is 26.5. The fourth-order valence-corrected chi connectivity index (χ4v) is 7.04. The van der Waals surface area contributed by atoms with E-state index in [0.717, 1.165) is 49.8 Å². The molecule has 0 radical (unpaired) electrons. The Morgan fingerprint density at radius 3 is 1.76 bits per heavy atom. The van der Waals surface area contributed by atoms with Gasteiger partial charge in [0.15, 0.2) is 17.5 Å². The van der Waals surface area contributed by atoms with Gasteiger partial charge in [0.25, 0.3) is 0 Å².